The number of unbranched alkanes of at least 4 members (excludes halogenated alkanes) is 2. The number of Topliss-reactive ketones (excluding diaryl/α,β-unsaturated/α-hetero) is 1. The van der Waals surface area contributed by atoms with Crippen molar-refractivity contribution in [1.29, 1.82) is 0 Å². The number of ketones is 1. The molecule has 2 aliphatic rings. The van der Waals surface area contributed by atoms with Gasteiger partial charge in [-0.05, 0) is 55.9 Å². The summed E-state index contributed by atoms with van der Waals surface area (Å²) in [5.41, 5.74) is 1.82. The van der Waals surface area contributed by atoms with Crippen molar-refractivity contribution in [2.45, 2.75) is 112 Å². The molecule has 2 fully saturated rings. The summed E-state index contributed by atoms with van der Waals surface area (Å²) in [5, 5.41) is 14.8. The van der Waals surface area contributed by atoms with Crippen LogP contribution in [0.25, 0.3) is 22.0 Å². The third-order valence-electron chi connectivity index (χ3n) is 11.3. The Hall–Kier alpha value is -5.15. The molecule has 1 aliphatic heterocycles. The van der Waals surface area contributed by atoms with Crippen LogP contribution in [0.2, 0.25) is 0 Å². The van der Waals surface area contributed by atoms with Crippen LogP contribution in [0.3, 0.4) is 0 Å². The predicted octanol–water partition coefficient (Wildman–Crippen LogP) is 6.04. The van der Waals surface area contributed by atoms with Gasteiger partial charge in [0.2, 0.25) is 17.7 Å². The number of carbonyl (C=O) groups excluding carboxylic acids is 4. The van der Waals surface area contributed by atoms with E-state index in [2.05, 4.69) is 37.7 Å². The molecule has 0 bridgehead atoms. The minimum absolute atomic E-state index is 0.0711. The van der Waals surface area contributed by atoms with E-state index in [1.807, 2.05) is 39.8 Å². The molecule has 6 rings (SSSR count). The van der Waals surface area contributed by atoms with E-state index in [-0.39, 0.29) is 48.6 Å². The van der Waals surface area contributed by atoms with E-state index in [0.717, 1.165) is 48.6 Å². The standard InChI is InChI=1S/C39H48F3N9O4/c1-8-9-10-12-37(6,7)36(55)45-20-38-16-29(35(54)46-30-11-13-49(47-30)21-39(40,41)42)51(34(38)23(38)3)31(53)19-50-33-22(2)14-26(27-17-43-25(5)44-18-27)15-28(33)32(48-50)24(4)52/h11,13-15,17-18,23,29,34H,8-10,12,16,19-21H2,1-7H3,(H,45,55)(H,46,47,54)/t23-,29-,34?,38+/m0/s1. The molecule has 1 saturated heterocycles. The summed E-state index contributed by atoms with van der Waals surface area (Å²) in [6, 6.07) is 3.58. The van der Waals surface area contributed by atoms with Gasteiger partial charge in [0.1, 0.15) is 30.6 Å². The van der Waals surface area contributed by atoms with Crippen LogP contribution in [0.5, 0.6) is 0 Å². The van der Waals surface area contributed by atoms with Gasteiger partial charge in [0, 0.05) is 65.9 Å². The Labute approximate surface area is 317 Å². The largest absolute Gasteiger partial charge is 0.408 e. The number of aryl methyl sites for hydroxylation is 2. The summed E-state index contributed by atoms with van der Waals surface area (Å²) in [6.45, 7) is 11.6. The molecule has 1 aromatic carbocycles. The van der Waals surface area contributed by atoms with Crippen LogP contribution in [-0.4, -0.2) is 82.7 Å². The highest BCUT2D eigenvalue weighted by molar-refractivity contribution is 6.07. The van der Waals surface area contributed by atoms with Gasteiger partial charge in [0.25, 0.3) is 0 Å². The van der Waals surface area contributed by atoms with Gasteiger partial charge in [0.05, 0.1) is 5.52 Å². The summed E-state index contributed by atoms with van der Waals surface area (Å²) in [7, 11) is 0. The molecule has 1 aliphatic carbocycles. The molecule has 3 aromatic heterocycles. The normalized spacial score (nSPS) is 20.8. The molecular weight excluding hydrogens is 715 g/mol. The second kappa shape index (κ2) is 14.8. The fourth-order valence-corrected chi connectivity index (χ4v) is 8.18. The van der Waals surface area contributed by atoms with Gasteiger partial charge < -0.3 is 15.5 Å². The number of likely N-dealkylation sites (tertiary alicyclic amines) is 1. The Morgan fingerprint density at radius 2 is 1.73 bits per heavy atom. The van der Waals surface area contributed by atoms with Crippen LogP contribution in [0.4, 0.5) is 19.0 Å². The van der Waals surface area contributed by atoms with Crippen molar-refractivity contribution in [2.24, 2.45) is 16.7 Å². The second-order valence-corrected chi connectivity index (χ2v) is 15.8. The first-order chi connectivity index (χ1) is 25.8. The molecule has 0 spiro atoms. The van der Waals surface area contributed by atoms with Crippen LogP contribution < -0.4 is 10.6 Å². The minimum Gasteiger partial charge on any atom is -0.355 e. The Morgan fingerprint density at radius 1 is 1.02 bits per heavy atom. The first kappa shape index (κ1) is 39.5. The number of aromatic nitrogens is 6. The maximum Gasteiger partial charge on any atom is 0.408 e. The number of alkyl halides is 3. The smallest absolute Gasteiger partial charge is 0.355 e. The van der Waals surface area contributed by atoms with E-state index in [1.54, 1.807) is 19.3 Å². The lowest BCUT2D eigenvalue weighted by molar-refractivity contribution is -0.142. The molecule has 13 nitrogen and oxygen atoms in total. The number of nitrogens with one attached hydrogen (secondary N) is 2. The predicted molar refractivity (Wildman–Crippen MR) is 199 cm³/mol. The number of halogens is 3. The summed E-state index contributed by atoms with van der Waals surface area (Å²) in [4.78, 5) is 64.9. The van der Waals surface area contributed by atoms with Crippen molar-refractivity contribution < 1.29 is 32.3 Å². The Kier molecular flexibility index (Phi) is 10.7. The maximum absolute atomic E-state index is 14.5. The summed E-state index contributed by atoms with van der Waals surface area (Å²) in [6.07, 6.45) is 3.91. The number of piperidine rings is 1. The lowest BCUT2D eigenvalue weighted by Gasteiger charge is -2.28. The minimum atomic E-state index is -4.51. The number of rotatable bonds is 14. The summed E-state index contributed by atoms with van der Waals surface area (Å²) in [5.74, 6) is -0.973. The van der Waals surface area contributed by atoms with E-state index in [1.165, 1.54) is 22.6 Å². The number of nitrogens with zero attached hydrogens (tertiary/aromatic N) is 7. The highest BCUT2D eigenvalue weighted by Crippen LogP contribution is 2.64. The number of hydrogen-bond acceptors (Lipinski definition) is 8. The number of benzene rings is 1. The lowest BCUT2D eigenvalue weighted by atomic mass is 9.85. The monoisotopic (exact) mass is 763 g/mol. The van der Waals surface area contributed by atoms with E-state index in [9.17, 15) is 32.3 Å². The molecule has 55 heavy (non-hydrogen) atoms. The third kappa shape index (κ3) is 7.99. The quantitative estimate of drug-likeness (QED) is 0.116. The van der Waals surface area contributed by atoms with E-state index >= 15 is 0 Å². The molecule has 4 atom stereocenters. The molecule has 16 heteroatoms. The topological polar surface area (TPSA) is 157 Å². The fourth-order valence-electron chi connectivity index (χ4n) is 8.18. The first-order valence-corrected chi connectivity index (χ1v) is 18.7. The van der Waals surface area contributed by atoms with Gasteiger partial charge >= 0.3 is 6.18 Å². The zero-order valence-electron chi connectivity index (χ0n) is 32.3. The fraction of sp³-hybridized carbons (Fsp3) is 0.538. The zero-order valence-corrected chi connectivity index (χ0v) is 32.3. The first-order valence-electron chi connectivity index (χ1n) is 18.7. The number of amides is 3. The molecular formula is C39H48F3N9O4. The third-order valence-corrected chi connectivity index (χ3v) is 11.3. The van der Waals surface area contributed by atoms with Gasteiger partial charge in [0.15, 0.2) is 11.6 Å². The Bertz CT molecular complexity index is 2120. The molecule has 0 radical (unpaired) electrons. The molecule has 3 amide bonds. The van der Waals surface area contributed by atoms with Crippen molar-refractivity contribution >= 4 is 40.2 Å². The molecule has 4 heterocycles. The van der Waals surface area contributed by atoms with Gasteiger partial charge in [-0.25, -0.2) is 9.97 Å². The highest BCUT2D eigenvalue weighted by atomic mass is 19.4. The number of anilines is 1. The maximum atomic E-state index is 14.5. The molecule has 4 aromatic rings. The average molecular weight is 764 g/mol. The van der Waals surface area contributed by atoms with Crippen molar-refractivity contribution in [3.63, 3.8) is 0 Å². The second-order valence-electron chi connectivity index (χ2n) is 15.8. The van der Waals surface area contributed by atoms with Gasteiger partial charge in [-0.1, -0.05) is 47.0 Å². The summed E-state index contributed by atoms with van der Waals surface area (Å²) >= 11 is 0. The molecule has 1 unspecified atom stereocenters. The van der Waals surface area contributed by atoms with Gasteiger partial charge in [-0.15, -0.1) is 0 Å². The molecule has 2 N–H and O–H groups in total. The van der Waals surface area contributed by atoms with Crippen molar-refractivity contribution in [1.82, 2.24) is 39.7 Å². The number of hydrogen-bond donors (Lipinski definition) is 2. The van der Waals surface area contributed by atoms with Crippen molar-refractivity contribution in [2.75, 3.05) is 11.9 Å². The van der Waals surface area contributed by atoms with Gasteiger partial charge in [-0.2, -0.15) is 23.4 Å². The Morgan fingerprint density at radius 3 is 2.38 bits per heavy atom. The van der Waals surface area contributed by atoms with Crippen LogP contribution in [0, 0.1) is 30.6 Å². The highest BCUT2D eigenvalue weighted by Gasteiger charge is 2.72. The molecule has 294 valence electrons. The Balaban J connectivity index is 1.30. The lowest BCUT2D eigenvalue weighted by Crippen LogP contribution is -2.47. The number of carbonyl (C=O) groups is 4. The van der Waals surface area contributed by atoms with Gasteiger partial charge in [-0.3, -0.25) is 28.5 Å². The van der Waals surface area contributed by atoms with Crippen LogP contribution >= 0.6 is 0 Å². The van der Waals surface area contributed by atoms with Crippen molar-refractivity contribution in [3.8, 4) is 11.1 Å². The SMILES string of the molecule is CCCCCC(C)(C)C(=O)NC[C@@]12C[C@@H](C(=O)Nc3ccn(CC(F)(F)F)n3)N(C(=O)Cn3nc(C(C)=O)c4cc(-c5cnc(C)nc5)cc(C)c43)C1[C@@H]2C. The van der Waals surface area contributed by atoms with E-state index < -0.39 is 47.4 Å². The van der Waals surface area contributed by atoms with E-state index in [4.69, 9.17) is 0 Å². The zero-order chi connectivity index (χ0) is 40.0. The van der Waals surface area contributed by atoms with Crippen molar-refractivity contribution in [3.05, 3.63) is 53.9 Å². The van der Waals surface area contributed by atoms with Crippen LogP contribution in [0.1, 0.15) is 88.6 Å². The van der Waals surface area contributed by atoms with E-state index in [0.29, 0.717) is 21.4 Å². The van der Waals surface area contributed by atoms with Crippen LogP contribution in [-0.2, 0) is 27.5 Å². The van der Waals surface area contributed by atoms with Crippen LogP contribution in [0.15, 0.2) is 36.8 Å². The summed E-state index contributed by atoms with van der Waals surface area (Å²) < 4.78 is 41.2. The molecule has 1 saturated carbocycles. The average Bonchev–Trinajstić information content (AvgIpc) is 3.52. The number of fused-ring (bicyclic) bond motifs is 2.